The number of benzene rings is 1. The zero-order valence-corrected chi connectivity index (χ0v) is 7.29. The number of carbonyl (C=O) groups is 1. The number of aliphatic hydroxyl groups is 1. The molecule has 0 saturated heterocycles. The van der Waals surface area contributed by atoms with E-state index in [-0.39, 0.29) is 6.61 Å². The van der Waals surface area contributed by atoms with Crippen molar-refractivity contribution in [2.75, 3.05) is 6.61 Å². The van der Waals surface area contributed by atoms with E-state index >= 15 is 0 Å². The largest absolute Gasteiger partial charge is 0.396 e. The molecule has 1 aromatic carbocycles. The summed E-state index contributed by atoms with van der Waals surface area (Å²) in [6.07, 6.45) is 1.30. The number of hydrogen-bond acceptors (Lipinski definition) is 2. The first-order chi connectivity index (χ1) is 6.25. The van der Waals surface area contributed by atoms with E-state index in [0.29, 0.717) is 18.4 Å². The first-order valence-corrected chi connectivity index (χ1v) is 4.15. The summed E-state index contributed by atoms with van der Waals surface area (Å²) in [6.45, 7) is 0.118. The van der Waals surface area contributed by atoms with E-state index in [1.165, 1.54) is 0 Å². The van der Waals surface area contributed by atoms with Crippen molar-refractivity contribution in [2.24, 2.45) is 5.73 Å². The predicted molar refractivity (Wildman–Crippen MR) is 49.2 cm³/mol. The zero-order valence-electron chi connectivity index (χ0n) is 7.29. The van der Waals surface area contributed by atoms with Crippen LogP contribution in [-0.4, -0.2) is 17.6 Å². The Hall–Kier alpha value is -1.35. The van der Waals surface area contributed by atoms with Gasteiger partial charge in [0.05, 0.1) is 0 Å². The second-order valence-electron chi connectivity index (χ2n) is 2.77. The fourth-order valence-electron chi connectivity index (χ4n) is 1.18. The van der Waals surface area contributed by atoms with Gasteiger partial charge in [-0.05, 0) is 30.5 Å². The fourth-order valence-corrected chi connectivity index (χ4v) is 1.18. The van der Waals surface area contributed by atoms with Crippen LogP contribution in [0.3, 0.4) is 0 Å². The van der Waals surface area contributed by atoms with Gasteiger partial charge in [-0.1, -0.05) is 12.1 Å². The molecule has 1 aromatic rings. The van der Waals surface area contributed by atoms with Crippen LogP contribution >= 0.6 is 0 Å². The first kappa shape index (κ1) is 9.74. The summed E-state index contributed by atoms with van der Waals surface area (Å²) in [7, 11) is 0. The molecule has 0 bridgehead atoms. The molecule has 1 radical (unpaired) electrons. The van der Waals surface area contributed by atoms with Crippen molar-refractivity contribution >= 4 is 5.91 Å². The molecule has 0 spiro atoms. The molecule has 0 aliphatic carbocycles. The number of primary amides is 1. The van der Waals surface area contributed by atoms with Gasteiger partial charge in [0.15, 0.2) is 0 Å². The third kappa shape index (κ3) is 2.56. The quantitative estimate of drug-likeness (QED) is 0.705. The van der Waals surface area contributed by atoms with Crippen LogP contribution in [0.4, 0.5) is 0 Å². The molecule has 0 atom stereocenters. The predicted octanol–water partition coefficient (Wildman–Crippen LogP) is 0.511. The van der Waals surface area contributed by atoms with E-state index in [0.717, 1.165) is 5.56 Å². The minimum absolute atomic E-state index is 0.118. The Morgan fingerprint density at radius 1 is 1.62 bits per heavy atom. The van der Waals surface area contributed by atoms with Gasteiger partial charge in [0.25, 0.3) is 0 Å². The first-order valence-electron chi connectivity index (χ1n) is 4.15. The Morgan fingerprint density at radius 3 is 3.00 bits per heavy atom. The van der Waals surface area contributed by atoms with Crippen molar-refractivity contribution in [3.63, 3.8) is 0 Å². The molecule has 69 valence electrons. The van der Waals surface area contributed by atoms with Gasteiger partial charge in [0.1, 0.15) is 0 Å². The Morgan fingerprint density at radius 2 is 2.38 bits per heavy atom. The van der Waals surface area contributed by atoms with Gasteiger partial charge in [-0.2, -0.15) is 0 Å². The smallest absolute Gasteiger partial charge is 0.248 e. The van der Waals surface area contributed by atoms with E-state index in [2.05, 4.69) is 6.07 Å². The molecule has 0 aliphatic rings. The highest BCUT2D eigenvalue weighted by molar-refractivity contribution is 5.94. The molecule has 3 heteroatoms. The zero-order chi connectivity index (χ0) is 9.68. The van der Waals surface area contributed by atoms with Crippen molar-refractivity contribution in [2.45, 2.75) is 12.8 Å². The lowest BCUT2D eigenvalue weighted by Gasteiger charge is -2.04. The molecule has 13 heavy (non-hydrogen) atoms. The maximum absolute atomic E-state index is 10.9. The van der Waals surface area contributed by atoms with Crippen LogP contribution in [0.2, 0.25) is 0 Å². The van der Waals surface area contributed by atoms with Crippen molar-refractivity contribution in [1.29, 1.82) is 0 Å². The molecule has 0 aliphatic heterocycles. The SMILES string of the molecule is NC(=O)c1cc[c]cc1CCCO. The molecular formula is C10H12NO2. The normalized spacial score (nSPS) is 9.92. The monoisotopic (exact) mass is 178 g/mol. The van der Waals surface area contributed by atoms with Gasteiger partial charge in [-0.3, -0.25) is 4.79 Å². The van der Waals surface area contributed by atoms with Crippen LogP contribution in [0.5, 0.6) is 0 Å². The third-order valence-corrected chi connectivity index (χ3v) is 1.82. The van der Waals surface area contributed by atoms with Gasteiger partial charge in [0.2, 0.25) is 5.91 Å². The molecule has 3 nitrogen and oxygen atoms in total. The number of nitrogens with two attached hydrogens (primary N) is 1. The molecule has 0 aromatic heterocycles. The summed E-state index contributed by atoms with van der Waals surface area (Å²) in [6, 6.07) is 7.91. The van der Waals surface area contributed by atoms with Gasteiger partial charge in [0, 0.05) is 12.2 Å². The van der Waals surface area contributed by atoms with Crippen molar-refractivity contribution < 1.29 is 9.90 Å². The summed E-state index contributed by atoms with van der Waals surface area (Å²) in [5, 5.41) is 8.63. The lowest BCUT2D eigenvalue weighted by molar-refractivity contribution is 0.0999. The van der Waals surface area contributed by atoms with Crippen LogP contribution in [0, 0.1) is 6.07 Å². The summed E-state index contributed by atoms with van der Waals surface area (Å²) in [4.78, 5) is 10.9. The van der Waals surface area contributed by atoms with Crippen molar-refractivity contribution in [3.8, 4) is 0 Å². The van der Waals surface area contributed by atoms with Gasteiger partial charge in [-0.15, -0.1) is 0 Å². The molecule has 3 N–H and O–H groups in total. The molecular weight excluding hydrogens is 166 g/mol. The van der Waals surface area contributed by atoms with Gasteiger partial charge in [-0.25, -0.2) is 0 Å². The van der Waals surface area contributed by atoms with E-state index in [4.69, 9.17) is 10.8 Å². The molecule has 0 fully saturated rings. The van der Waals surface area contributed by atoms with Crippen LogP contribution in [-0.2, 0) is 6.42 Å². The second kappa shape index (κ2) is 4.62. The Labute approximate surface area is 77.2 Å². The minimum atomic E-state index is -0.429. The van der Waals surface area contributed by atoms with Crippen molar-refractivity contribution in [3.05, 3.63) is 35.4 Å². The van der Waals surface area contributed by atoms with E-state index in [1.54, 1.807) is 18.2 Å². The Bertz CT molecular complexity index is 297. The average molecular weight is 178 g/mol. The molecule has 0 unspecified atom stereocenters. The van der Waals surface area contributed by atoms with Crippen LogP contribution < -0.4 is 5.73 Å². The number of amides is 1. The number of hydrogen-bond donors (Lipinski definition) is 2. The van der Waals surface area contributed by atoms with Gasteiger partial charge < -0.3 is 10.8 Å². The number of carbonyl (C=O) groups excluding carboxylic acids is 1. The molecule has 1 amide bonds. The summed E-state index contributed by atoms with van der Waals surface area (Å²) >= 11 is 0. The Kier molecular flexibility index (Phi) is 3.46. The van der Waals surface area contributed by atoms with E-state index in [9.17, 15) is 4.79 Å². The van der Waals surface area contributed by atoms with Gasteiger partial charge >= 0.3 is 0 Å². The standard InChI is InChI=1S/C10H12NO2/c11-10(13)9-6-2-1-4-8(9)5-3-7-12/h2,4,6,12H,3,5,7H2,(H2,11,13). The number of aliphatic hydroxyl groups excluding tert-OH is 1. The Balaban J connectivity index is 2.84. The highest BCUT2D eigenvalue weighted by atomic mass is 16.2. The molecule has 0 heterocycles. The fraction of sp³-hybridized carbons (Fsp3) is 0.300. The summed E-state index contributed by atoms with van der Waals surface area (Å²) in [5.74, 6) is -0.429. The maximum atomic E-state index is 10.9. The van der Waals surface area contributed by atoms with E-state index in [1.807, 2.05) is 0 Å². The van der Waals surface area contributed by atoms with E-state index < -0.39 is 5.91 Å². The highest BCUT2D eigenvalue weighted by Gasteiger charge is 2.05. The van der Waals surface area contributed by atoms with Crippen LogP contribution in [0.1, 0.15) is 22.3 Å². The number of rotatable bonds is 4. The van der Waals surface area contributed by atoms with Crippen LogP contribution in [0.25, 0.3) is 0 Å². The lowest BCUT2D eigenvalue weighted by Crippen LogP contribution is -2.13. The summed E-state index contributed by atoms with van der Waals surface area (Å²) in [5.41, 5.74) is 6.54. The maximum Gasteiger partial charge on any atom is 0.248 e. The third-order valence-electron chi connectivity index (χ3n) is 1.82. The summed E-state index contributed by atoms with van der Waals surface area (Å²) < 4.78 is 0. The highest BCUT2D eigenvalue weighted by Crippen LogP contribution is 2.09. The second-order valence-corrected chi connectivity index (χ2v) is 2.77. The van der Waals surface area contributed by atoms with Crippen molar-refractivity contribution in [1.82, 2.24) is 0 Å². The number of aryl methyl sites for hydroxylation is 1. The van der Waals surface area contributed by atoms with Crippen LogP contribution in [0.15, 0.2) is 18.2 Å². The molecule has 0 saturated carbocycles. The topological polar surface area (TPSA) is 63.3 Å². The lowest BCUT2D eigenvalue weighted by atomic mass is 10.0. The molecule has 1 rings (SSSR count). The average Bonchev–Trinajstić information content (AvgIpc) is 2.15. The minimum Gasteiger partial charge on any atom is -0.396 e.